The summed E-state index contributed by atoms with van der Waals surface area (Å²) in [6.07, 6.45) is 2.28. The maximum absolute atomic E-state index is 11.6. The molecule has 2 saturated heterocycles. The Morgan fingerprint density at radius 3 is 2.58 bits per heavy atom. The Balaban J connectivity index is 1.21. The number of aromatic nitrogens is 1. The van der Waals surface area contributed by atoms with E-state index in [1.54, 1.807) is 11.8 Å². The molecule has 3 heterocycles. The lowest BCUT2D eigenvalue weighted by Gasteiger charge is -2.35. The summed E-state index contributed by atoms with van der Waals surface area (Å²) in [5, 5.41) is 1.20. The molecular weight excluding hydrogens is 344 g/mol. The van der Waals surface area contributed by atoms with E-state index in [2.05, 4.69) is 40.1 Å². The number of nitrogens with zero attached hydrogens (tertiary/aromatic N) is 4. The van der Waals surface area contributed by atoms with Crippen molar-refractivity contribution in [2.75, 3.05) is 55.8 Å². The van der Waals surface area contributed by atoms with Gasteiger partial charge in [-0.2, -0.15) is 0 Å². The van der Waals surface area contributed by atoms with Crippen LogP contribution in [-0.2, 0) is 4.79 Å². The fourth-order valence-electron chi connectivity index (χ4n) is 3.67. The van der Waals surface area contributed by atoms with Crippen LogP contribution in [0.2, 0.25) is 0 Å². The van der Waals surface area contributed by atoms with Gasteiger partial charge in [-0.05, 0) is 37.6 Å². The summed E-state index contributed by atoms with van der Waals surface area (Å²) in [5.74, 6) is 2.96. The fourth-order valence-corrected chi connectivity index (χ4v) is 4.61. The molecule has 0 saturated carbocycles. The van der Waals surface area contributed by atoms with Crippen LogP contribution in [-0.4, -0.2) is 71.6 Å². The highest BCUT2D eigenvalue weighted by molar-refractivity contribution is 8.00. The average Bonchev–Trinajstić information content (AvgIpc) is 3.10. The van der Waals surface area contributed by atoms with Crippen LogP contribution >= 0.6 is 11.8 Å². The number of para-hydroxylation sites is 1. The first-order chi connectivity index (χ1) is 12.8. The topological polar surface area (TPSA) is 39.7 Å². The fraction of sp³-hybridized carbons (Fsp3) is 0.500. The third-order valence-electron chi connectivity index (χ3n) is 5.26. The van der Waals surface area contributed by atoms with Crippen LogP contribution in [0.25, 0.3) is 10.9 Å². The number of fused-ring (bicyclic) bond motifs is 1. The van der Waals surface area contributed by atoms with Gasteiger partial charge in [0.05, 0.1) is 17.1 Å². The Labute approximate surface area is 159 Å². The summed E-state index contributed by atoms with van der Waals surface area (Å²) in [4.78, 5) is 23.4. The summed E-state index contributed by atoms with van der Waals surface area (Å²) in [6, 6.07) is 12.6. The van der Waals surface area contributed by atoms with Crippen molar-refractivity contribution in [3.05, 3.63) is 36.4 Å². The van der Waals surface area contributed by atoms with E-state index in [0.29, 0.717) is 11.7 Å². The minimum atomic E-state index is 0.312. The Kier molecular flexibility index (Phi) is 5.60. The van der Waals surface area contributed by atoms with Crippen molar-refractivity contribution in [2.24, 2.45) is 0 Å². The summed E-state index contributed by atoms with van der Waals surface area (Å²) < 4.78 is 0. The van der Waals surface area contributed by atoms with E-state index in [-0.39, 0.29) is 0 Å². The van der Waals surface area contributed by atoms with E-state index in [0.717, 1.165) is 62.9 Å². The molecule has 138 valence electrons. The first kappa shape index (κ1) is 17.6. The van der Waals surface area contributed by atoms with Crippen molar-refractivity contribution < 1.29 is 4.79 Å². The first-order valence-corrected chi connectivity index (χ1v) is 10.6. The van der Waals surface area contributed by atoms with E-state index < -0.39 is 0 Å². The van der Waals surface area contributed by atoms with Crippen molar-refractivity contribution in [1.82, 2.24) is 14.8 Å². The molecule has 6 heteroatoms. The van der Waals surface area contributed by atoms with Gasteiger partial charge in [-0.25, -0.2) is 4.98 Å². The minimum Gasteiger partial charge on any atom is -0.354 e. The molecule has 26 heavy (non-hydrogen) atoms. The Morgan fingerprint density at radius 1 is 0.962 bits per heavy atom. The zero-order chi connectivity index (χ0) is 17.8. The number of amides is 1. The molecule has 2 aliphatic rings. The second kappa shape index (κ2) is 8.27. The van der Waals surface area contributed by atoms with Gasteiger partial charge in [0.1, 0.15) is 5.82 Å². The van der Waals surface area contributed by atoms with Crippen molar-refractivity contribution in [3.63, 3.8) is 0 Å². The van der Waals surface area contributed by atoms with Gasteiger partial charge in [0.15, 0.2) is 0 Å². The third kappa shape index (κ3) is 4.13. The van der Waals surface area contributed by atoms with Gasteiger partial charge in [-0.3, -0.25) is 9.69 Å². The van der Waals surface area contributed by atoms with Crippen molar-refractivity contribution in [1.29, 1.82) is 0 Å². The largest absolute Gasteiger partial charge is 0.354 e. The predicted octanol–water partition coefficient (Wildman–Crippen LogP) is 2.67. The molecule has 2 aromatic rings. The Morgan fingerprint density at radius 2 is 1.77 bits per heavy atom. The molecule has 1 amide bonds. The highest BCUT2D eigenvalue weighted by atomic mass is 32.2. The molecule has 0 bridgehead atoms. The molecule has 0 spiro atoms. The van der Waals surface area contributed by atoms with E-state index in [9.17, 15) is 4.79 Å². The van der Waals surface area contributed by atoms with Crippen LogP contribution in [0.1, 0.15) is 12.8 Å². The lowest BCUT2D eigenvalue weighted by Crippen LogP contribution is -2.47. The maximum Gasteiger partial charge on any atom is 0.233 e. The SMILES string of the molecule is O=C1CSCN1CCCCN1CCN(c2ccc3ccccc3n2)CC1. The average molecular weight is 371 g/mol. The second-order valence-corrected chi connectivity index (χ2v) is 7.99. The van der Waals surface area contributed by atoms with E-state index >= 15 is 0 Å². The molecular formula is C20H26N4OS. The van der Waals surface area contributed by atoms with E-state index in [1.807, 2.05) is 11.0 Å². The predicted molar refractivity (Wildman–Crippen MR) is 109 cm³/mol. The summed E-state index contributed by atoms with van der Waals surface area (Å²) in [5.41, 5.74) is 1.07. The van der Waals surface area contributed by atoms with Crippen LogP contribution < -0.4 is 4.90 Å². The maximum atomic E-state index is 11.6. The lowest BCUT2D eigenvalue weighted by atomic mass is 10.2. The van der Waals surface area contributed by atoms with Gasteiger partial charge in [-0.15, -0.1) is 11.8 Å². The van der Waals surface area contributed by atoms with Gasteiger partial charge in [-0.1, -0.05) is 18.2 Å². The number of unbranched alkanes of at least 4 members (excludes halogenated alkanes) is 1. The standard InChI is InChI=1S/C20H26N4OS/c25-20-15-26-16-24(20)10-4-3-9-22-11-13-23(14-12-22)19-8-7-17-5-1-2-6-18(17)21-19/h1-2,5-8H,3-4,9-16H2. The van der Waals surface area contributed by atoms with Crippen LogP contribution in [0.3, 0.4) is 0 Å². The summed E-state index contributed by atoms with van der Waals surface area (Å²) in [6.45, 7) is 6.31. The summed E-state index contributed by atoms with van der Waals surface area (Å²) in [7, 11) is 0. The zero-order valence-corrected chi connectivity index (χ0v) is 16.0. The molecule has 4 rings (SSSR count). The number of pyridine rings is 1. The number of rotatable bonds is 6. The smallest absolute Gasteiger partial charge is 0.233 e. The monoisotopic (exact) mass is 370 g/mol. The normalized spacial score (nSPS) is 18.8. The third-order valence-corrected chi connectivity index (χ3v) is 6.20. The molecule has 0 unspecified atom stereocenters. The van der Waals surface area contributed by atoms with Gasteiger partial charge in [0.25, 0.3) is 0 Å². The molecule has 0 aliphatic carbocycles. The lowest BCUT2D eigenvalue weighted by molar-refractivity contribution is -0.126. The minimum absolute atomic E-state index is 0.312. The molecule has 5 nitrogen and oxygen atoms in total. The quantitative estimate of drug-likeness (QED) is 0.731. The number of benzene rings is 1. The van der Waals surface area contributed by atoms with E-state index in [4.69, 9.17) is 4.98 Å². The van der Waals surface area contributed by atoms with Crippen LogP contribution in [0.4, 0.5) is 5.82 Å². The molecule has 1 aromatic carbocycles. The van der Waals surface area contributed by atoms with Crippen LogP contribution in [0.15, 0.2) is 36.4 Å². The van der Waals surface area contributed by atoms with Crippen LogP contribution in [0.5, 0.6) is 0 Å². The van der Waals surface area contributed by atoms with Gasteiger partial charge < -0.3 is 9.80 Å². The summed E-state index contributed by atoms with van der Waals surface area (Å²) >= 11 is 1.73. The number of anilines is 1. The molecule has 0 radical (unpaired) electrons. The van der Waals surface area contributed by atoms with Gasteiger partial charge in [0, 0.05) is 38.1 Å². The van der Waals surface area contributed by atoms with E-state index in [1.165, 1.54) is 11.8 Å². The highest BCUT2D eigenvalue weighted by Crippen LogP contribution is 2.19. The Hall–Kier alpha value is -1.79. The van der Waals surface area contributed by atoms with Crippen molar-refractivity contribution >= 4 is 34.4 Å². The number of hydrogen-bond acceptors (Lipinski definition) is 5. The number of carbonyl (C=O) groups is 1. The number of carbonyl (C=O) groups excluding carboxylic acids is 1. The van der Waals surface area contributed by atoms with Gasteiger partial charge >= 0.3 is 0 Å². The van der Waals surface area contributed by atoms with Crippen LogP contribution in [0, 0.1) is 0 Å². The molecule has 0 N–H and O–H groups in total. The molecule has 0 atom stereocenters. The molecule has 2 fully saturated rings. The number of thioether (sulfide) groups is 1. The second-order valence-electron chi connectivity index (χ2n) is 7.03. The number of piperazine rings is 1. The Bertz CT molecular complexity index is 760. The van der Waals surface area contributed by atoms with Crippen molar-refractivity contribution in [3.8, 4) is 0 Å². The van der Waals surface area contributed by atoms with Crippen molar-refractivity contribution in [2.45, 2.75) is 12.8 Å². The zero-order valence-electron chi connectivity index (χ0n) is 15.1. The highest BCUT2D eigenvalue weighted by Gasteiger charge is 2.21. The molecule has 1 aromatic heterocycles. The number of hydrogen-bond donors (Lipinski definition) is 0. The first-order valence-electron chi connectivity index (χ1n) is 9.48. The van der Waals surface area contributed by atoms with Gasteiger partial charge in [0.2, 0.25) is 5.91 Å². The molecule has 2 aliphatic heterocycles.